The number of rotatable bonds is 4. The Morgan fingerprint density at radius 2 is 1.86 bits per heavy atom. The summed E-state index contributed by atoms with van der Waals surface area (Å²) in [5, 5.41) is 9.85. The van der Waals surface area contributed by atoms with Gasteiger partial charge in [-0.1, -0.05) is 11.2 Å². The van der Waals surface area contributed by atoms with Gasteiger partial charge in [0.25, 0.3) is 0 Å². The zero-order valence-corrected chi connectivity index (χ0v) is 12.1. The molecule has 2 N–H and O–H groups in total. The Kier molecular flexibility index (Phi) is 3.69. The minimum absolute atomic E-state index is 0.325. The van der Waals surface area contributed by atoms with E-state index in [-0.39, 0.29) is 5.82 Å². The highest BCUT2D eigenvalue weighted by atomic mass is 19.1. The number of hydrogen-bond donors (Lipinski definition) is 2. The first kappa shape index (κ1) is 14.0. The molecule has 0 aliphatic heterocycles. The predicted molar refractivity (Wildman–Crippen MR) is 81.0 cm³/mol. The quantitative estimate of drug-likeness (QED) is 0.765. The number of benzene rings is 1. The topological polar surface area (TPSA) is 75.9 Å². The van der Waals surface area contributed by atoms with Gasteiger partial charge in [0, 0.05) is 23.5 Å². The van der Waals surface area contributed by atoms with Crippen molar-refractivity contribution < 1.29 is 8.91 Å². The van der Waals surface area contributed by atoms with Gasteiger partial charge in [0.1, 0.15) is 17.4 Å². The summed E-state index contributed by atoms with van der Waals surface area (Å²) in [5.41, 5.74) is 1.34. The summed E-state index contributed by atoms with van der Waals surface area (Å²) in [7, 11) is 0. The maximum absolute atomic E-state index is 13.2. The van der Waals surface area contributed by atoms with Crippen molar-refractivity contribution in [2.24, 2.45) is 0 Å². The van der Waals surface area contributed by atoms with Crippen molar-refractivity contribution in [1.82, 2.24) is 15.1 Å². The molecule has 0 fully saturated rings. The molecule has 0 spiro atoms. The molecule has 0 bridgehead atoms. The van der Waals surface area contributed by atoms with E-state index in [0.29, 0.717) is 29.0 Å². The molecule has 112 valence electrons. The van der Waals surface area contributed by atoms with Gasteiger partial charge in [0.2, 0.25) is 5.95 Å². The fourth-order valence-electron chi connectivity index (χ4n) is 1.94. The van der Waals surface area contributed by atoms with Gasteiger partial charge in [-0.25, -0.2) is 9.37 Å². The molecule has 0 amide bonds. The van der Waals surface area contributed by atoms with Crippen LogP contribution in [-0.2, 0) is 0 Å². The Labute approximate surface area is 126 Å². The van der Waals surface area contributed by atoms with Crippen LogP contribution in [0.2, 0.25) is 0 Å². The molecule has 3 rings (SSSR count). The third kappa shape index (κ3) is 3.38. The molecule has 2 heterocycles. The van der Waals surface area contributed by atoms with E-state index in [1.807, 2.05) is 6.92 Å². The van der Waals surface area contributed by atoms with Gasteiger partial charge >= 0.3 is 0 Å². The van der Waals surface area contributed by atoms with Crippen LogP contribution in [-0.4, -0.2) is 15.1 Å². The van der Waals surface area contributed by atoms with Crippen molar-refractivity contribution in [3.05, 3.63) is 53.7 Å². The lowest BCUT2D eigenvalue weighted by atomic mass is 10.3. The molecule has 0 radical (unpaired) electrons. The largest absolute Gasteiger partial charge is 0.360 e. The van der Waals surface area contributed by atoms with E-state index < -0.39 is 0 Å². The lowest BCUT2D eigenvalue weighted by molar-refractivity contribution is 0.400. The smallest absolute Gasteiger partial charge is 0.229 e. The molecule has 6 nitrogen and oxygen atoms in total. The molecule has 0 atom stereocenters. The van der Waals surface area contributed by atoms with Crippen LogP contribution in [0.5, 0.6) is 0 Å². The van der Waals surface area contributed by atoms with E-state index in [4.69, 9.17) is 4.52 Å². The first-order valence-electron chi connectivity index (χ1n) is 6.67. The van der Waals surface area contributed by atoms with E-state index in [0.717, 1.165) is 5.69 Å². The molecular weight excluding hydrogens is 285 g/mol. The summed E-state index contributed by atoms with van der Waals surface area (Å²) < 4.78 is 18.2. The fourth-order valence-corrected chi connectivity index (χ4v) is 1.94. The number of hydrogen-bond acceptors (Lipinski definition) is 6. The fraction of sp³-hybridized carbons (Fsp3) is 0.133. The second-order valence-corrected chi connectivity index (χ2v) is 4.80. The normalized spacial score (nSPS) is 10.5. The van der Waals surface area contributed by atoms with Crippen LogP contribution in [0.4, 0.5) is 27.7 Å². The SMILES string of the molecule is Cc1cc(Nc2cc(C)on2)nc(Nc2cccc(F)c2)n1. The average molecular weight is 299 g/mol. The molecule has 7 heteroatoms. The molecule has 0 aliphatic rings. The maximum atomic E-state index is 13.2. The minimum atomic E-state index is -0.325. The van der Waals surface area contributed by atoms with Crippen molar-refractivity contribution >= 4 is 23.3 Å². The Morgan fingerprint density at radius 3 is 2.59 bits per heavy atom. The van der Waals surface area contributed by atoms with E-state index in [1.165, 1.54) is 12.1 Å². The van der Waals surface area contributed by atoms with Gasteiger partial charge in [0.15, 0.2) is 5.82 Å². The summed E-state index contributed by atoms with van der Waals surface area (Å²) in [6.45, 7) is 3.65. The van der Waals surface area contributed by atoms with Gasteiger partial charge in [-0.15, -0.1) is 0 Å². The number of aryl methyl sites for hydroxylation is 2. The monoisotopic (exact) mass is 299 g/mol. The van der Waals surface area contributed by atoms with Gasteiger partial charge in [0.05, 0.1) is 0 Å². The summed E-state index contributed by atoms with van der Waals surface area (Å²) in [6.07, 6.45) is 0. The number of halogens is 1. The highest BCUT2D eigenvalue weighted by molar-refractivity contribution is 5.58. The summed E-state index contributed by atoms with van der Waals surface area (Å²) in [6, 6.07) is 9.65. The molecule has 3 aromatic rings. The summed E-state index contributed by atoms with van der Waals surface area (Å²) in [5.74, 6) is 1.88. The Morgan fingerprint density at radius 1 is 1.00 bits per heavy atom. The molecule has 1 aromatic carbocycles. The lowest BCUT2D eigenvalue weighted by Crippen LogP contribution is -2.02. The van der Waals surface area contributed by atoms with Gasteiger partial charge < -0.3 is 15.2 Å². The van der Waals surface area contributed by atoms with E-state index in [9.17, 15) is 4.39 Å². The molecule has 2 aromatic heterocycles. The second-order valence-electron chi connectivity index (χ2n) is 4.80. The molecule has 22 heavy (non-hydrogen) atoms. The number of nitrogens with one attached hydrogen (secondary N) is 2. The first-order chi connectivity index (χ1) is 10.6. The zero-order valence-electron chi connectivity index (χ0n) is 12.1. The zero-order chi connectivity index (χ0) is 15.5. The number of aromatic nitrogens is 3. The summed E-state index contributed by atoms with van der Waals surface area (Å²) in [4.78, 5) is 8.60. The molecular formula is C15H14FN5O. The lowest BCUT2D eigenvalue weighted by Gasteiger charge is -2.08. The Balaban J connectivity index is 1.83. The molecule has 0 saturated carbocycles. The van der Waals surface area contributed by atoms with Crippen LogP contribution in [0.15, 0.2) is 40.9 Å². The number of nitrogens with zero attached hydrogens (tertiary/aromatic N) is 3. The van der Waals surface area contributed by atoms with Crippen LogP contribution < -0.4 is 10.6 Å². The van der Waals surface area contributed by atoms with Crippen LogP contribution >= 0.6 is 0 Å². The van der Waals surface area contributed by atoms with Crippen LogP contribution in [0.25, 0.3) is 0 Å². The van der Waals surface area contributed by atoms with Gasteiger partial charge in [-0.2, -0.15) is 4.98 Å². The highest BCUT2D eigenvalue weighted by Crippen LogP contribution is 2.19. The third-order valence-electron chi connectivity index (χ3n) is 2.82. The maximum Gasteiger partial charge on any atom is 0.229 e. The van der Waals surface area contributed by atoms with Crippen molar-refractivity contribution in [3.63, 3.8) is 0 Å². The van der Waals surface area contributed by atoms with Crippen molar-refractivity contribution in [3.8, 4) is 0 Å². The molecule has 0 saturated heterocycles. The standard InChI is InChI=1S/C15H14FN5O/c1-9-6-13(19-14-7-10(2)22-21-14)20-15(17-9)18-12-5-3-4-11(16)8-12/h3-8H,1-2H3,(H2,17,18,19,20,21). The van der Waals surface area contributed by atoms with E-state index in [2.05, 4.69) is 25.8 Å². The summed E-state index contributed by atoms with van der Waals surface area (Å²) >= 11 is 0. The second kappa shape index (κ2) is 5.80. The highest BCUT2D eigenvalue weighted by Gasteiger charge is 2.06. The van der Waals surface area contributed by atoms with E-state index in [1.54, 1.807) is 31.2 Å². The van der Waals surface area contributed by atoms with Crippen LogP contribution in [0, 0.1) is 19.7 Å². The van der Waals surface area contributed by atoms with Gasteiger partial charge in [-0.05, 0) is 32.0 Å². The van der Waals surface area contributed by atoms with E-state index >= 15 is 0 Å². The first-order valence-corrected chi connectivity index (χ1v) is 6.67. The third-order valence-corrected chi connectivity index (χ3v) is 2.82. The predicted octanol–water partition coefficient (Wildman–Crippen LogP) is 3.71. The average Bonchev–Trinajstić information content (AvgIpc) is 2.83. The minimum Gasteiger partial charge on any atom is -0.360 e. The molecule has 0 aliphatic carbocycles. The van der Waals surface area contributed by atoms with Crippen molar-refractivity contribution in [1.29, 1.82) is 0 Å². The number of anilines is 4. The van der Waals surface area contributed by atoms with Gasteiger partial charge in [-0.3, -0.25) is 0 Å². The molecule has 0 unspecified atom stereocenters. The van der Waals surface area contributed by atoms with Crippen LogP contribution in [0.1, 0.15) is 11.5 Å². The van der Waals surface area contributed by atoms with Crippen molar-refractivity contribution in [2.45, 2.75) is 13.8 Å². The Bertz CT molecular complexity index is 802. The Hall–Kier alpha value is -2.96. The van der Waals surface area contributed by atoms with Crippen LogP contribution in [0.3, 0.4) is 0 Å². The van der Waals surface area contributed by atoms with Crippen molar-refractivity contribution in [2.75, 3.05) is 10.6 Å².